The van der Waals surface area contributed by atoms with Crippen LogP contribution in [0.2, 0.25) is 0 Å². The van der Waals surface area contributed by atoms with Crippen LogP contribution in [-0.2, 0) is 0 Å². The molecule has 6 N–H and O–H groups in total. The van der Waals surface area contributed by atoms with Crippen LogP contribution < -0.4 is 0 Å². The van der Waals surface area contributed by atoms with E-state index < -0.39 is 39.8 Å². The molecule has 0 bridgehead atoms. The standard InChI is InChI=1S/C21H34O6/c1-12(22)19(25)8-9-21(27)18(19,3)16(24)11-15-17(2)6-5-14(23)10-13(17)4-7-20(15,21)26/h4,12,14-16,22-27H,5-11H2,1-3H3/t12?,14?,15-,16?,17+,18-,19+,20+,21+/m1/s1. The summed E-state index contributed by atoms with van der Waals surface area (Å²) in [5.41, 5.74) is -5.63. The summed E-state index contributed by atoms with van der Waals surface area (Å²) < 4.78 is 0. The first-order valence-corrected chi connectivity index (χ1v) is 10.3. The summed E-state index contributed by atoms with van der Waals surface area (Å²) in [6, 6.07) is 0. The van der Waals surface area contributed by atoms with E-state index in [4.69, 9.17) is 0 Å². The largest absolute Gasteiger partial charge is 0.393 e. The normalized spacial score (nSPS) is 58.7. The van der Waals surface area contributed by atoms with E-state index in [2.05, 4.69) is 6.92 Å². The van der Waals surface area contributed by atoms with E-state index >= 15 is 0 Å². The molecule has 27 heavy (non-hydrogen) atoms. The summed E-state index contributed by atoms with van der Waals surface area (Å²) in [4.78, 5) is 0. The van der Waals surface area contributed by atoms with E-state index in [0.717, 1.165) is 5.57 Å². The molecule has 0 aliphatic heterocycles. The van der Waals surface area contributed by atoms with Crippen LogP contribution in [0.4, 0.5) is 0 Å². The van der Waals surface area contributed by atoms with Crippen molar-refractivity contribution in [3.8, 4) is 0 Å². The second kappa shape index (κ2) is 5.55. The van der Waals surface area contributed by atoms with Gasteiger partial charge in [-0.15, -0.1) is 0 Å². The molecule has 6 heteroatoms. The van der Waals surface area contributed by atoms with Crippen molar-refractivity contribution in [2.75, 3.05) is 0 Å². The number of aliphatic hydroxyl groups is 6. The molecule has 0 heterocycles. The fourth-order valence-electron chi connectivity index (χ4n) is 7.37. The molecule has 3 fully saturated rings. The lowest BCUT2D eigenvalue weighted by molar-refractivity contribution is -0.325. The summed E-state index contributed by atoms with van der Waals surface area (Å²) in [5.74, 6) is -0.373. The number of fused-ring (bicyclic) bond motifs is 5. The highest BCUT2D eigenvalue weighted by atomic mass is 16.4. The number of hydrogen-bond donors (Lipinski definition) is 6. The van der Waals surface area contributed by atoms with Gasteiger partial charge in [-0.1, -0.05) is 25.5 Å². The zero-order chi connectivity index (χ0) is 20.0. The van der Waals surface area contributed by atoms with Gasteiger partial charge < -0.3 is 30.6 Å². The lowest BCUT2D eigenvalue weighted by atomic mass is 9.42. The zero-order valence-corrected chi connectivity index (χ0v) is 16.5. The van der Waals surface area contributed by atoms with Crippen LogP contribution in [0.3, 0.4) is 0 Å². The van der Waals surface area contributed by atoms with Crippen LogP contribution in [-0.4, -0.2) is 65.8 Å². The minimum Gasteiger partial charge on any atom is -0.393 e. The Morgan fingerprint density at radius 1 is 1.07 bits per heavy atom. The van der Waals surface area contributed by atoms with Gasteiger partial charge in [0.05, 0.1) is 23.7 Å². The Labute approximate surface area is 160 Å². The quantitative estimate of drug-likeness (QED) is 0.370. The molecule has 3 saturated carbocycles. The van der Waals surface area contributed by atoms with Crippen molar-refractivity contribution >= 4 is 0 Å². The first-order chi connectivity index (χ1) is 12.4. The second-order valence-electron chi connectivity index (χ2n) is 10.1. The average Bonchev–Trinajstić information content (AvgIpc) is 2.83. The van der Waals surface area contributed by atoms with Crippen LogP contribution in [0.5, 0.6) is 0 Å². The third-order valence-corrected chi connectivity index (χ3v) is 9.35. The molecule has 4 rings (SSSR count). The molecular weight excluding hydrogens is 348 g/mol. The molecule has 4 aliphatic carbocycles. The fraction of sp³-hybridized carbons (Fsp3) is 0.905. The minimum absolute atomic E-state index is 0.121. The van der Waals surface area contributed by atoms with Gasteiger partial charge in [-0.05, 0) is 57.3 Å². The van der Waals surface area contributed by atoms with E-state index in [9.17, 15) is 30.6 Å². The van der Waals surface area contributed by atoms with Crippen molar-refractivity contribution in [1.82, 2.24) is 0 Å². The smallest absolute Gasteiger partial charge is 0.105 e. The summed E-state index contributed by atoms with van der Waals surface area (Å²) in [6.45, 7) is 5.15. The molecule has 0 saturated heterocycles. The molecule has 0 amide bonds. The van der Waals surface area contributed by atoms with Gasteiger partial charge in [0.1, 0.15) is 16.8 Å². The van der Waals surface area contributed by atoms with E-state index in [1.807, 2.05) is 6.08 Å². The highest BCUT2D eigenvalue weighted by Crippen LogP contribution is 2.70. The van der Waals surface area contributed by atoms with Gasteiger partial charge in [0.25, 0.3) is 0 Å². The predicted molar refractivity (Wildman–Crippen MR) is 98.6 cm³/mol. The molecule has 0 radical (unpaired) electrons. The van der Waals surface area contributed by atoms with Gasteiger partial charge in [-0.25, -0.2) is 0 Å². The lowest BCUT2D eigenvalue weighted by Crippen LogP contribution is -2.78. The Bertz CT molecular complexity index is 678. The number of rotatable bonds is 1. The van der Waals surface area contributed by atoms with Gasteiger partial charge >= 0.3 is 0 Å². The predicted octanol–water partition coefficient (Wildman–Crippen LogP) is 0.623. The van der Waals surface area contributed by atoms with Gasteiger partial charge in [-0.3, -0.25) is 0 Å². The Kier molecular flexibility index (Phi) is 4.07. The number of aliphatic hydroxyl groups excluding tert-OH is 3. The van der Waals surface area contributed by atoms with Gasteiger partial charge in [0.2, 0.25) is 0 Å². The molecule has 3 unspecified atom stereocenters. The van der Waals surface area contributed by atoms with Gasteiger partial charge in [-0.2, -0.15) is 0 Å². The maximum atomic E-state index is 11.9. The van der Waals surface area contributed by atoms with Crippen molar-refractivity contribution in [2.45, 2.75) is 101 Å². The summed E-state index contributed by atoms with van der Waals surface area (Å²) in [6.07, 6.45) is 1.96. The van der Waals surface area contributed by atoms with Crippen LogP contribution in [0.15, 0.2) is 11.6 Å². The van der Waals surface area contributed by atoms with Gasteiger partial charge in [0.15, 0.2) is 0 Å². The summed E-state index contributed by atoms with van der Waals surface area (Å²) >= 11 is 0. The highest BCUT2D eigenvalue weighted by Gasteiger charge is 2.80. The first kappa shape index (κ1) is 19.8. The Morgan fingerprint density at radius 3 is 2.37 bits per heavy atom. The van der Waals surface area contributed by atoms with Gasteiger partial charge in [0, 0.05) is 5.92 Å². The Morgan fingerprint density at radius 2 is 1.74 bits per heavy atom. The third-order valence-electron chi connectivity index (χ3n) is 9.35. The maximum absolute atomic E-state index is 11.9. The monoisotopic (exact) mass is 382 g/mol. The highest BCUT2D eigenvalue weighted by molar-refractivity contribution is 5.36. The molecule has 0 aromatic carbocycles. The Balaban J connectivity index is 1.86. The third kappa shape index (κ3) is 2.02. The molecule has 0 aromatic heterocycles. The summed E-state index contributed by atoms with van der Waals surface area (Å²) in [5, 5.41) is 66.6. The molecule has 154 valence electrons. The molecular formula is C21H34O6. The molecule has 9 atom stereocenters. The van der Waals surface area contributed by atoms with Crippen LogP contribution in [0, 0.1) is 16.7 Å². The van der Waals surface area contributed by atoms with E-state index in [1.54, 1.807) is 6.92 Å². The molecule has 6 nitrogen and oxygen atoms in total. The topological polar surface area (TPSA) is 121 Å². The van der Waals surface area contributed by atoms with E-state index in [-0.39, 0.29) is 37.7 Å². The van der Waals surface area contributed by atoms with E-state index in [1.165, 1.54) is 6.92 Å². The van der Waals surface area contributed by atoms with Crippen LogP contribution in [0.25, 0.3) is 0 Å². The van der Waals surface area contributed by atoms with Crippen molar-refractivity contribution in [3.63, 3.8) is 0 Å². The maximum Gasteiger partial charge on any atom is 0.105 e. The first-order valence-electron chi connectivity index (χ1n) is 10.3. The number of hydrogen-bond acceptors (Lipinski definition) is 6. The Hall–Kier alpha value is -0.500. The second-order valence-corrected chi connectivity index (χ2v) is 10.1. The van der Waals surface area contributed by atoms with Crippen molar-refractivity contribution < 1.29 is 30.6 Å². The van der Waals surface area contributed by atoms with Crippen molar-refractivity contribution in [1.29, 1.82) is 0 Å². The zero-order valence-electron chi connectivity index (χ0n) is 16.5. The lowest BCUT2D eigenvalue weighted by Gasteiger charge is -2.67. The summed E-state index contributed by atoms with van der Waals surface area (Å²) in [7, 11) is 0. The minimum atomic E-state index is -1.71. The van der Waals surface area contributed by atoms with Crippen LogP contribution >= 0.6 is 0 Å². The average molecular weight is 382 g/mol. The van der Waals surface area contributed by atoms with Crippen molar-refractivity contribution in [2.24, 2.45) is 16.7 Å². The van der Waals surface area contributed by atoms with Crippen LogP contribution in [0.1, 0.15) is 65.7 Å². The van der Waals surface area contributed by atoms with Crippen molar-refractivity contribution in [3.05, 3.63) is 11.6 Å². The fourth-order valence-corrected chi connectivity index (χ4v) is 7.37. The molecule has 0 spiro atoms. The molecule has 0 aromatic rings. The SMILES string of the molecule is CC(O)[C@@]1(O)CC[C@]2(O)[C@]1(C)C(O)C[C@@H]1[C@@]3(C)CCC(O)CC3=CC[C@]12O. The van der Waals surface area contributed by atoms with E-state index in [0.29, 0.717) is 19.3 Å². The molecule has 4 aliphatic rings.